The molecule has 0 bridgehead atoms. The lowest BCUT2D eigenvalue weighted by molar-refractivity contribution is 0.622. The maximum atomic E-state index is 6.30. The second kappa shape index (κ2) is 6.79. The SMILES string of the molecule is CCCCn1c(C)nc(-c2ccc(CC(C)C)cc2)c1N. The summed E-state index contributed by atoms with van der Waals surface area (Å²) in [6.07, 6.45) is 3.41. The predicted molar refractivity (Wildman–Crippen MR) is 90.3 cm³/mol. The van der Waals surface area contributed by atoms with E-state index in [1.54, 1.807) is 0 Å². The van der Waals surface area contributed by atoms with Crippen molar-refractivity contribution in [3.8, 4) is 11.3 Å². The van der Waals surface area contributed by atoms with Crippen molar-refractivity contribution >= 4 is 5.82 Å². The van der Waals surface area contributed by atoms with Gasteiger partial charge in [0.15, 0.2) is 0 Å². The second-order valence-electron chi connectivity index (χ2n) is 6.19. The Kier molecular flexibility index (Phi) is 5.05. The molecule has 0 aliphatic carbocycles. The highest BCUT2D eigenvalue weighted by Gasteiger charge is 2.13. The number of nitrogen functional groups attached to an aromatic ring is 1. The second-order valence-corrected chi connectivity index (χ2v) is 6.19. The molecule has 0 aliphatic rings. The molecule has 0 saturated carbocycles. The minimum absolute atomic E-state index is 0.677. The summed E-state index contributed by atoms with van der Waals surface area (Å²) in [5.41, 5.74) is 9.69. The van der Waals surface area contributed by atoms with Crippen LogP contribution in [0.2, 0.25) is 0 Å². The molecule has 1 aromatic heterocycles. The summed E-state index contributed by atoms with van der Waals surface area (Å²) in [5, 5.41) is 0. The van der Waals surface area contributed by atoms with E-state index in [1.165, 1.54) is 5.56 Å². The van der Waals surface area contributed by atoms with Crippen molar-refractivity contribution in [1.82, 2.24) is 9.55 Å². The molecule has 0 aliphatic heterocycles. The number of benzene rings is 1. The molecule has 0 radical (unpaired) electrons. The van der Waals surface area contributed by atoms with E-state index in [1.807, 2.05) is 6.92 Å². The zero-order chi connectivity index (χ0) is 15.4. The van der Waals surface area contributed by atoms with Gasteiger partial charge in [0.1, 0.15) is 17.3 Å². The molecule has 0 fully saturated rings. The summed E-state index contributed by atoms with van der Waals surface area (Å²) in [6, 6.07) is 8.66. The largest absolute Gasteiger partial charge is 0.383 e. The monoisotopic (exact) mass is 285 g/mol. The number of aryl methyl sites for hydroxylation is 1. The van der Waals surface area contributed by atoms with Crippen molar-refractivity contribution in [3.63, 3.8) is 0 Å². The Balaban J connectivity index is 2.25. The Bertz CT molecular complexity index is 579. The van der Waals surface area contributed by atoms with Gasteiger partial charge in [-0.05, 0) is 31.2 Å². The minimum Gasteiger partial charge on any atom is -0.383 e. The van der Waals surface area contributed by atoms with Gasteiger partial charge in [-0.2, -0.15) is 0 Å². The van der Waals surface area contributed by atoms with E-state index in [0.29, 0.717) is 5.92 Å². The number of aromatic nitrogens is 2. The molecule has 1 aromatic carbocycles. The third kappa shape index (κ3) is 3.66. The Morgan fingerprint density at radius 1 is 1.19 bits per heavy atom. The van der Waals surface area contributed by atoms with E-state index in [0.717, 1.165) is 48.7 Å². The van der Waals surface area contributed by atoms with Gasteiger partial charge >= 0.3 is 0 Å². The third-order valence-electron chi connectivity index (χ3n) is 3.80. The zero-order valence-electron chi connectivity index (χ0n) is 13.7. The van der Waals surface area contributed by atoms with Crippen molar-refractivity contribution in [1.29, 1.82) is 0 Å². The molecule has 0 atom stereocenters. The summed E-state index contributed by atoms with van der Waals surface area (Å²) in [5.74, 6) is 2.47. The highest BCUT2D eigenvalue weighted by molar-refractivity contribution is 5.71. The molecular formula is C18H27N3. The van der Waals surface area contributed by atoms with Gasteiger partial charge in [-0.3, -0.25) is 0 Å². The van der Waals surface area contributed by atoms with Crippen LogP contribution in [0.1, 0.15) is 45.0 Å². The number of hydrogen-bond acceptors (Lipinski definition) is 2. The first-order valence-electron chi connectivity index (χ1n) is 7.94. The number of hydrogen-bond donors (Lipinski definition) is 1. The smallest absolute Gasteiger partial charge is 0.131 e. The number of rotatable bonds is 6. The molecule has 0 spiro atoms. The van der Waals surface area contributed by atoms with Crippen LogP contribution in [0.4, 0.5) is 5.82 Å². The first-order chi connectivity index (χ1) is 10.0. The lowest BCUT2D eigenvalue weighted by Crippen LogP contribution is -2.04. The molecule has 3 nitrogen and oxygen atoms in total. The van der Waals surface area contributed by atoms with Gasteiger partial charge in [0.2, 0.25) is 0 Å². The molecule has 1 heterocycles. The van der Waals surface area contributed by atoms with Crippen LogP contribution in [-0.4, -0.2) is 9.55 Å². The quantitative estimate of drug-likeness (QED) is 0.852. The maximum Gasteiger partial charge on any atom is 0.131 e. The van der Waals surface area contributed by atoms with Crippen molar-refractivity contribution in [3.05, 3.63) is 35.7 Å². The number of imidazole rings is 1. The average molecular weight is 285 g/mol. The molecule has 0 amide bonds. The molecule has 0 unspecified atom stereocenters. The van der Waals surface area contributed by atoms with Crippen LogP contribution < -0.4 is 5.73 Å². The van der Waals surface area contributed by atoms with Crippen LogP contribution >= 0.6 is 0 Å². The van der Waals surface area contributed by atoms with E-state index < -0.39 is 0 Å². The van der Waals surface area contributed by atoms with E-state index in [2.05, 4.69) is 54.6 Å². The van der Waals surface area contributed by atoms with Gasteiger partial charge in [-0.1, -0.05) is 51.5 Å². The summed E-state index contributed by atoms with van der Waals surface area (Å²) in [4.78, 5) is 4.66. The fraction of sp³-hybridized carbons (Fsp3) is 0.500. The lowest BCUT2D eigenvalue weighted by Gasteiger charge is -2.07. The zero-order valence-corrected chi connectivity index (χ0v) is 13.7. The van der Waals surface area contributed by atoms with Crippen molar-refractivity contribution in [2.24, 2.45) is 5.92 Å². The summed E-state index contributed by atoms with van der Waals surface area (Å²) in [7, 11) is 0. The summed E-state index contributed by atoms with van der Waals surface area (Å²) < 4.78 is 2.13. The van der Waals surface area contributed by atoms with Crippen LogP contribution in [0.25, 0.3) is 11.3 Å². The normalized spacial score (nSPS) is 11.3. The van der Waals surface area contributed by atoms with Crippen LogP contribution in [-0.2, 0) is 13.0 Å². The molecule has 0 saturated heterocycles. The summed E-state index contributed by atoms with van der Waals surface area (Å²) >= 11 is 0. The van der Waals surface area contributed by atoms with Crippen LogP contribution in [0.5, 0.6) is 0 Å². The van der Waals surface area contributed by atoms with Gasteiger partial charge in [-0.15, -0.1) is 0 Å². The first kappa shape index (κ1) is 15.6. The van der Waals surface area contributed by atoms with Gasteiger partial charge in [0.25, 0.3) is 0 Å². The average Bonchev–Trinajstić information content (AvgIpc) is 2.72. The molecule has 114 valence electrons. The molecule has 2 rings (SSSR count). The number of nitrogens with zero attached hydrogens (tertiary/aromatic N) is 2. The number of nitrogens with two attached hydrogens (primary N) is 1. The maximum absolute atomic E-state index is 6.30. The van der Waals surface area contributed by atoms with E-state index in [4.69, 9.17) is 5.73 Å². The molecule has 21 heavy (non-hydrogen) atoms. The van der Waals surface area contributed by atoms with E-state index in [9.17, 15) is 0 Å². The van der Waals surface area contributed by atoms with Crippen molar-refractivity contribution < 1.29 is 0 Å². The van der Waals surface area contributed by atoms with Gasteiger partial charge < -0.3 is 10.3 Å². The Labute approximate surface area is 128 Å². The highest BCUT2D eigenvalue weighted by atomic mass is 15.1. The molecule has 2 N–H and O–H groups in total. The Morgan fingerprint density at radius 2 is 1.86 bits per heavy atom. The van der Waals surface area contributed by atoms with Crippen molar-refractivity contribution in [2.75, 3.05) is 5.73 Å². The van der Waals surface area contributed by atoms with E-state index >= 15 is 0 Å². The Hall–Kier alpha value is -1.77. The van der Waals surface area contributed by atoms with Crippen LogP contribution in [0.15, 0.2) is 24.3 Å². The minimum atomic E-state index is 0.677. The van der Waals surface area contributed by atoms with Gasteiger partial charge in [-0.25, -0.2) is 4.98 Å². The third-order valence-corrected chi connectivity index (χ3v) is 3.80. The van der Waals surface area contributed by atoms with Gasteiger partial charge in [0.05, 0.1) is 0 Å². The van der Waals surface area contributed by atoms with Gasteiger partial charge in [0, 0.05) is 12.1 Å². The van der Waals surface area contributed by atoms with Crippen molar-refractivity contribution in [2.45, 2.75) is 53.5 Å². The Morgan fingerprint density at radius 3 is 2.43 bits per heavy atom. The predicted octanol–water partition coefficient (Wildman–Crippen LogP) is 4.44. The molecular weight excluding hydrogens is 258 g/mol. The lowest BCUT2D eigenvalue weighted by atomic mass is 10.0. The topological polar surface area (TPSA) is 43.8 Å². The highest BCUT2D eigenvalue weighted by Crippen LogP contribution is 2.27. The standard InChI is InChI=1S/C18H27N3/c1-5-6-11-21-14(4)20-17(18(21)19)16-9-7-15(8-10-16)12-13(2)3/h7-10,13H,5-6,11-12,19H2,1-4H3. The first-order valence-corrected chi connectivity index (χ1v) is 7.94. The fourth-order valence-corrected chi connectivity index (χ4v) is 2.66. The number of unbranched alkanes of at least 4 members (excludes halogenated alkanes) is 1. The molecule has 2 aromatic rings. The fourth-order valence-electron chi connectivity index (χ4n) is 2.66. The van der Waals surface area contributed by atoms with Crippen LogP contribution in [0.3, 0.4) is 0 Å². The van der Waals surface area contributed by atoms with Crippen LogP contribution in [0, 0.1) is 12.8 Å². The molecule has 3 heteroatoms. The number of anilines is 1. The summed E-state index contributed by atoms with van der Waals surface area (Å²) in [6.45, 7) is 9.65. The van der Waals surface area contributed by atoms with E-state index in [-0.39, 0.29) is 0 Å².